The molecule has 0 amide bonds. The summed E-state index contributed by atoms with van der Waals surface area (Å²) < 4.78 is 1.59. The van der Waals surface area contributed by atoms with E-state index in [9.17, 15) is 0 Å². The van der Waals surface area contributed by atoms with Crippen molar-refractivity contribution >= 4 is 23.9 Å². The van der Waals surface area contributed by atoms with Gasteiger partial charge in [0.2, 0.25) is 0 Å². The zero-order valence-corrected chi connectivity index (χ0v) is 15.1. The van der Waals surface area contributed by atoms with Crippen molar-refractivity contribution in [3.63, 3.8) is 0 Å². The second-order valence-electron chi connectivity index (χ2n) is 7.18. The van der Waals surface area contributed by atoms with Gasteiger partial charge in [-0.3, -0.25) is 0 Å². The highest BCUT2D eigenvalue weighted by Crippen LogP contribution is 2.60. The van der Waals surface area contributed by atoms with Crippen molar-refractivity contribution in [2.24, 2.45) is 0 Å². The quantitative estimate of drug-likeness (QED) is 0.586. The molecule has 20 heavy (non-hydrogen) atoms. The fourth-order valence-electron chi connectivity index (χ4n) is 2.93. The predicted octanol–water partition coefficient (Wildman–Crippen LogP) is 6.12. The van der Waals surface area contributed by atoms with Crippen molar-refractivity contribution in [2.75, 3.05) is 0 Å². The van der Waals surface area contributed by atoms with Crippen molar-refractivity contribution in [2.45, 2.75) is 51.9 Å². The summed E-state index contributed by atoms with van der Waals surface area (Å²) in [6, 6.07) is 13.1. The third-order valence-electron chi connectivity index (χ3n) is 3.27. The van der Waals surface area contributed by atoms with Gasteiger partial charge in [0.15, 0.2) is 0 Å². The predicted molar refractivity (Wildman–Crippen MR) is 95.8 cm³/mol. The van der Waals surface area contributed by atoms with Crippen molar-refractivity contribution in [3.05, 3.63) is 41.8 Å². The Bertz CT molecular complexity index is 541. The lowest BCUT2D eigenvalue weighted by atomic mass is 10.1. The number of hydrogen-bond acceptors (Lipinski definition) is 1. The largest absolute Gasteiger partial charge is 0.143 e. The van der Waals surface area contributed by atoms with Crippen LogP contribution in [-0.4, -0.2) is 10.3 Å². The first-order valence-electron chi connectivity index (χ1n) is 7.14. The zero-order chi connectivity index (χ0) is 15.0. The minimum atomic E-state index is -0.227. The minimum Gasteiger partial charge on any atom is -0.143 e. The topological polar surface area (TPSA) is 0 Å². The summed E-state index contributed by atoms with van der Waals surface area (Å²) in [6.07, 6.45) is 0. The highest BCUT2D eigenvalue weighted by molar-refractivity contribution is 7.74. The van der Waals surface area contributed by atoms with E-state index < -0.39 is 0 Å². The van der Waals surface area contributed by atoms with E-state index in [4.69, 9.17) is 0 Å². The van der Waals surface area contributed by atoms with Gasteiger partial charge in [-0.25, -0.2) is 0 Å². The van der Waals surface area contributed by atoms with Crippen LogP contribution in [0.5, 0.6) is 0 Å². The Morgan fingerprint density at radius 2 is 1.35 bits per heavy atom. The maximum atomic E-state index is 2.39. The zero-order valence-electron chi connectivity index (χ0n) is 13.4. The van der Waals surface area contributed by atoms with E-state index in [0.29, 0.717) is 10.3 Å². The Balaban J connectivity index is 2.55. The van der Waals surface area contributed by atoms with Gasteiger partial charge in [0.1, 0.15) is 0 Å². The van der Waals surface area contributed by atoms with E-state index in [0.717, 1.165) is 0 Å². The molecule has 0 aliphatic carbocycles. The van der Waals surface area contributed by atoms with Crippen LogP contribution in [0.25, 0.3) is 11.1 Å². The first-order chi connectivity index (χ1) is 9.21. The first kappa shape index (κ1) is 15.7. The second-order valence-corrected chi connectivity index (χ2v) is 12.2. The van der Waals surface area contributed by atoms with Gasteiger partial charge in [-0.1, -0.05) is 79.8 Å². The number of rotatable bonds is 2. The number of hydrogen-bond donors (Lipinski definition) is 0. The van der Waals surface area contributed by atoms with Crippen molar-refractivity contribution in [1.82, 2.24) is 0 Å². The maximum absolute atomic E-state index is 2.39. The van der Waals surface area contributed by atoms with Crippen LogP contribution in [0.3, 0.4) is 0 Å². The third-order valence-corrected chi connectivity index (χ3v) is 8.18. The van der Waals surface area contributed by atoms with Crippen molar-refractivity contribution < 1.29 is 0 Å². The molecular formula is C18H25PS. The van der Waals surface area contributed by atoms with E-state index in [1.54, 1.807) is 4.62 Å². The van der Waals surface area contributed by atoms with Gasteiger partial charge in [0, 0.05) is 10.2 Å². The fourth-order valence-corrected chi connectivity index (χ4v) is 9.50. The van der Waals surface area contributed by atoms with Crippen LogP contribution in [0.2, 0.25) is 0 Å². The minimum absolute atomic E-state index is 0.227. The van der Waals surface area contributed by atoms with Gasteiger partial charge >= 0.3 is 0 Å². The molecule has 1 aromatic carbocycles. The molecule has 0 unspecified atom stereocenters. The molecule has 0 bridgehead atoms. The lowest BCUT2D eigenvalue weighted by Gasteiger charge is -2.41. The van der Waals surface area contributed by atoms with Crippen LogP contribution >= 0.6 is 19.3 Å². The molecule has 0 N–H and O–H groups in total. The average molecular weight is 304 g/mol. The molecule has 108 valence electrons. The number of thiophene rings is 1. The lowest BCUT2D eigenvalue weighted by Crippen LogP contribution is -2.30. The standard InChI is InChI=1S/C18H25PS/c1-17(2,3)19(18(4,5)6)16-15(12-13-20-16)14-10-8-7-9-11-14/h7-13H,1-6H3. The van der Waals surface area contributed by atoms with Crippen LogP contribution in [0.15, 0.2) is 41.8 Å². The molecule has 0 aliphatic heterocycles. The molecule has 0 aliphatic rings. The first-order valence-corrected chi connectivity index (χ1v) is 9.36. The molecule has 0 saturated heterocycles. The third kappa shape index (κ3) is 3.32. The van der Waals surface area contributed by atoms with E-state index in [-0.39, 0.29) is 7.92 Å². The van der Waals surface area contributed by atoms with Gasteiger partial charge in [0.25, 0.3) is 0 Å². The molecule has 0 atom stereocenters. The van der Waals surface area contributed by atoms with Crippen LogP contribution in [-0.2, 0) is 0 Å². The number of benzene rings is 1. The Morgan fingerprint density at radius 1 is 0.800 bits per heavy atom. The lowest BCUT2D eigenvalue weighted by molar-refractivity contribution is 0.715. The van der Waals surface area contributed by atoms with Crippen molar-refractivity contribution in [1.29, 1.82) is 0 Å². The van der Waals surface area contributed by atoms with Gasteiger partial charge in [0.05, 0.1) is 0 Å². The maximum Gasteiger partial charge on any atom is 0.0366 e. The molecule has 2 rings (SSSR count). The van der Waals surface area contributed by atoms with Crippen LogP contribution < -0.4 is 4.62 Å². The summed E-state index contributed by atoms with van der Waals surface area (Å²) in [5.74, 6) is 0. The van der Waals surface area contributed by atoms with Crippen molar-refractivity contribution in [3.8, 4) is 11.1 Å². The van der Waals surface area contributed by atoms with Crippen LogP contribution in [0, 0.1) is 0 Å². The molecular weight excluding hydrogens is 279 g/mol. The van der Waals surface area contributed by atoms with Gasteiger partial charge in [-0.05, 0) is 27.3 Å². The molecule has 0 radical (unpaired) electrons. The summed E-state index contributed by atoms with van der Waals surface area (Å²) in [4.78, 5) is 0. The molecule has 0 saturated carbocycles. The van der Waals surface area contributed by atoms with Gasteiger partial charge in [-0.2, -0.15) is 0 Å². The van der Waals surface area contributed by atoms with E-state index in [1.807, 2.05) is 11.3 Å². The summed E-state index contributed by atoms with van der Waals surface area (Å²) >= 11 is 1.94. The second kappa shape index (κ2) is 5.62. The molecule has 2 heteroatoms. The summed E-state index contributed by atoms with van der Waals surface area (Å²) in [5, 5.41) is 2.90. The van der Waals surface area contributed by atoms with E-state index in [1.165, 1.54) is 11.1 Å². The molecule has 1 aromatic heterocycles. The molecule has 0 fully saturated rings. The summed E-state index contributed by atoms with van der Waals surface area (Å²) in [5.41, 5.74) is 2.79. The Hall–Kier alpha value is -0.650. The van der Waals surface area contributed by atoms with E-state index >= 15 is 0 Å². The summed E-state index contributed by atoms with van der Waals surface area (Å²) in [6.45, 7) is 14.3. The SMILES string of the molecule is CC(C)(C)P(c1sccc1-c1ccccc1)C(C)(C)C. The smallest absolute Gasteiger partial charge is 0.0366 e. The Morgan fingerprint density at radius 3 is 1.85 bits per heavy atom. The normalized spacial score (nSPS) is 12.9. The van der Waals surface area contributed by atoms with E-state index in [2.05, 4.69) is 83.3 Å². The highest BCUT2D eigenvalue weighted by atomic mass is 32.1. The fraction of sp³-hybridized carbons (Fsp3) is 0.444. The Labute approximate surface area is 129 Å². The highest BCUT2D eigenvalue weighted by Gasteiger charge is 2.37. The van der Waals surface area contributed by atoms with Gasteiger partial charge in [-0.15, -0.1) is 11.3 Å². The molecule has 1 heterocycles. The summed E-state index contributed by atoms with van der Waals surface area (Å²) in [7, 11) is -0.227. The monoisotopic (exact) mass is 304 g/mol. The Kier molecular flexibility index (Phi) is 4.42. The molecule has 0 nitrogen and oxygen atoms in total. The average Bonchev–Trinajstić information content (AvgIpc) is 2.75. The van der Waals surface area contributed by atoms with Gasteiger partial charge < -0.3 is 0 Å². The molecule has 2 aromatic rings. The van der Waals surface area contributed by atoms with Crippen LogP contribution in [0.4, 0.5) is 0 Å². The molecule has 0 spiro atoms. The van der Waals surface area contributed by atoms with Crippen LogP contribution in [0.1, 0.15) is 41.5 Å².